The molecule has 3 heterocycles. The number of nitrogens with two attached hydrogens (primary N) is 1. The van der Waals surface area contributed by atoms with Crippen molar-refractivity contribution in [2.45, 2.75) is 83.7 Å². The highest BCUT2D eigenvalue weighted by Gasteiger charge is 2.35. The number of amidine groups is 2. The van der Waals surface area contributed by atoms with Gasteiger partial charge in [0.25, 0.3) is 0 Å². The summed E-state index contributed by atoms with van der Waals surface area (Å²) < 4.78 is 46.9. The van der Waals surface area contributed by atoms with Crippen LogP contribution < -0.4 is 16.4 Å². The minimum atomic E-state index is -4.48. The Labute approximate surface area is 247 Å². The molecular formula is C32H43F3N6O. The van der Waals surface area contributed by atoms with E-state index in [-0.39, 0.29) is 24.0 Å². The lowest BCUT2D eigenvalue weighted by Gasteiger charge is -2.37. The summed E-state index contributed by atoms with van der Waals surface area (Å²) in [5.41, 5.74) is 7.89. The van der Waals surface area contributed by atoms with Gasteiger partial charge in [0.2, 0.25) is 0 Å². The Morgan fingerprint density at radius 1 is 1.17 bits per heavy atom. The number of hydrogen-bond acceptors (Lipinski definition) is 6. The summed E-state index contributed by atoms with van der Waals surface area (Å²) in [6.07, 6.45) is 4.26. The van der Waals surface area contributed by atoms with Crippen molar-refractivity contribution in [2.75, 3.05) is 19.6 Å². The summed E-state index contributed by atoms with van der Waals surface area (Å²) in [6, 6.07) is 7.81. The molecule has 228 valence electrons. The molecule has 4 N–H and O–H groups in total. The fourth-order valence-corrected chi connectivity index (χ4v) is 5.75. The summed E-state index contributed by atoms with van der Waals surface area (Å²) in [6.45, 7) is 12.8. The molecule has 3 atom stereocenters. The maximum absolute atomic E-state index is 13.7. The molecule has 0 aromatic heterocycles. The van der Waals surface area contributed by atoms with Crippen molar-refractivity contribution in [3.05, 3.63) is 77.3 Å². The minimum absolute atomic E-state index is 0.0681. The number of nitrogens with one attached hydrogen (secondary N) is 2. The highest BCUT2D eigenvalue weighted by Crippen LogP contribution is 2.33. The highest BCUT2D eigenvalue weighted by atomic mass is 19.4. The Morgan fingerprint density at radius 2 is 1.86 bits per heavy atom. The topological polar surface area (TPSA) is 87.3 Å². The van der Waals surface area contributed by atoms with Crippen molar-refractivity contribution in [1.29, 1.82) is 0 Å². The first-order valence-corrected chi connectivity index (χ1v) is 14.6. The van der Waals surface area contributed by atoms with E-state index in [1.54, 1.807) is 12.3 Å². The number of morpholine rings is 1. The number of benzene rings is 1. The van der Waals surface area contributed by atoms with Crippen LogP contribution in [0.1, 0.15) is 59.4 Å². The Morgan fingerprint density at radius 3 is 2.48 bits per heavy atom. The molecule has 1 aromatic rings. The number of hydrogen-bond donors (Lipinski definition) is 3. The van der Waals surface area contributed by atoms with E-state index in [1.165, 1.54) is 11.6 Å². The Kier molecular flexibility index (Phi) is 9.99. The second-order valence-corrected chi connectivity index (χ2v) is 12.0. The Balaban J connectivity index is 1.64. The molecule has 0 amide bonds. The first-order chi connectivity index (χ1) is 19.9. The molecule has 1 saturated heterocycles. The van der Waals surface area contributed by atoms with Crippen molar-refractivity contribution in [3.8, 4) is 0 Å². The van der Waals surface area contributed by atoms with Gasteiger partial charge in [0.05, 0.1) is 24.4 Å². The second kappa shape index (κ2) is 13.3. The monoisotopic (exact) mass is 584 g/mol. The average Bonchev–Trinajstić information content (AvgIpc) is 2.90. The molecule has 0 spiro atoms. The van der Waals surface area contributed by atoms with Gasteiger partial charge in [-0.3, -0.25) is 4.90 Å². The van der Waals surface area contributed by atoms with Crippen molar-refractivity contribution in [2.24, 2.45) is 15.7 Å². The molecule has 0 bridgehead atoms. The first-order valence-electron chi connectivity index (χ1n) is 14.6. The molecule has 7 nitrogen and oxygen atoms in total. The molecule has 4 rings (SSSR count). The van der Waals surface area contributed by atoms with Gasteiger partial charge >= 0.3 is 6.18 Å². The molecule has 3 aliphatic rings. The number of halogens is 3. The Bertz CT molecular complexity index is 1280. The number of rotatable bonds is 9. The van der Waals surface area contributed by atoms with E-state index in [4.69, 9.17) is 20.5 Å². The van der Waals surface area contributed by atoms with Crippen LogP contribution in [0.15, 0.2) is 81.7 Å². The van der Waals surface area contributed by atoms with Gasteiger partial charge in [-0.05, 0) is 67.3 Å². The predicted molar refractivity (Wildman–Crippen MR) is 164 cm³/mol. The maximum Gasteiger partial charge on any atom is 0.413 e. The maximum atomic E-state index is 13.7. The molecule has 0 radical (unpaired) electrons. The van der Waals surface area contributed by atoms with Crippen molar-refractivity contribution < 1.29 is 17.9 Å². The van der Waals surface area contributed by atoms with E-state index in [0.717, 1.165) is 43.9 Å². The first kappa shape index (κ1) is 31.6. The zero-order valence-corrected chi connectivity index (χ0v) is 25.1. The second-order valence-electron chi connectivity index (χ2n) is 12.0. The van der Waals surface area contributed by atoms with Gasteiger partial charge in [-0.2, -0.15) is 13.2 Å². The van der Waals surface area contributed by atoms with Gasteiger partial charge < -0.3 is 21.1 Å². The normalized spacial score (nSPS) is 25.0. The molecule has 0 aliphatic carbocycles. The van der Waals surface area contributed by atoms with E-state index < -0.39 is 17.8 Å². The van der Waals surface area contributed by atoms with E-state index in [9.17, 15) is 13.2 Å². The van der Waals surface area contributed by atoms with E-state index in [0.29, 0.717) is 29.5 Å². The lowest BCUT2D eigenvalue weighted by molar-refractivity contribution is -0.0931. The van der Waals surface area contributed by atoms with Crippen molar-refractivity contribution in [3.63, 3.8) is 0 Å². The number of allylic oxidation sites excluding steroid dienone is 5. The SMILES string of the molecule is CCCC(C)(C)c1ccc(N=C2N=C(CN3C[C@@H](C)O[C@@H](C)C3)NC3=CC(C/C(=C\C=C/N)C(F)(F)F)=CNC32)cc1. The van der Waals surface area contributed by atoms with Gasteiger partial charge in [-0.25, -0.2) is 9.98 Å². The molecule has 42 heavy (non-hydrogen) atoms. The van der Waals surface area contributed by atoms with Gasteiger partial charge in [0.15, 0.2) is 5.84 Å². The van der Waals surface area contributed by atoms with Crippen LogP contribution in [0.3, 0.4) is 0 Å². The third-order valence-corrected chi connectivity index (χ3v) is 7.69. The molecule has 0 saturated carbocycles. The molecule has 1 unspecified atom stereocenters. The number of dihydropyridines is 1. The zero-order valence-electron chi connectivity index (χ0n) is 25.1. The zero-order chi connectivity index (χ0) is 30.5. The summed E-state index contributed by atoms with van der Waals surface area (Å²) in [7, 11) is 0. The number of aliphatic imine (C=N–C) groups is 2. The van der Waals surface area contributed by atoms with E-state index in [1.807, 2.05) is 26.0 Å². The van der Waals surface area contributed by atoms with Gasteiger partial charge in [-0.15, -0.1) is 0 Å². The van der Waals surface area contributed by atoms with Crippen LogP contribution in [0.25, 0.3) is 0 Å². The summed E-state index contributed by atoms with van der Waals surface area (Å²) >= 11 is 0. The fraction of sp³-hybridized carbons (Fsp3) is 0.500. The van der Waals surface area contributed by atoms with E-state index >= 15 is 0 Å². The Hall–Kier alpha value is -3.37. The van der Waals surface area contributed by atoms with Crippen LogP contribution in [0.2, 0.25) is 0 Å². The predicted octanol–water partition coefficient (Wildman–Crippen LogP) is 6.00. The van der Waals surface area contributed by atoms with E-state index in [2.05, 4.69) is 48.4 Å². The quantitative estimate of drug-likeness (QED) is 0.310. The standard InChI is InChI=1S/C32H43F3N6O/c1-6-13-31(4,5)24-9-11-26(12-10-24)38-30-29-27(39-28(40-30)20-41-18-21(2)42-22(3)19-41)16-23(17-37-29)15-25(8-7-14-36)32(33,34)35/h7-12,14,16-17,21-22,29,37H,6,13,15,18-20,36H2,1-5H3,(H,38,39,40)/b14-7-,25-8+/t21-,22+,29?. The summed E-state index contributed by atoms with van der Waals surface area (Å²) in [4.78, 5) is 12.1. The van der Waals surface area contributed by atoms with Crippen LogP contribution in [0.5, 0.6) is 0 Å². The van der Waals surface area contributed by atoms with Gasteiger partial charge in [0, 0.05) is 37.0 Å². The third kappa shape index (κ3) is 8.13. The average molecular weight is 585 g/mol. The smallest absolute Gasteiger partial charge is 0.405 e. The van der Waals surface area contributed by atoms with Crippen molar-refractivity contribution >= 4 is 17.4 Å². The van der Waals surface area contributed by atoms with Crippen LogP contribution in [0, 0.1) is 0 Å². The number of fused-ring (bicyclic) bond motifs is 1. The number of nitrogens with zero attached hydrogens (tertiary/aromatic N) is 3. The molecule has 3 aliphatic heterocycles. The largest absolute Gasteiger partial charge is 0.413 e. The number of alkyl halides is 3. The molecule has 1 aromatic carbocycles. The van der Waals surface area contributed by atoms with Gasteiger partial charge in [-0.1, -0.05) is 45.4 Å². The highest BCUT2D eigenvalue weighted by molar-refractivity contribution is 6.06. The lowest BCUT2D eigenvalue weighted by Crippen LogP contribution is -2.53. The summed E-state index contributed by atoms with van der Waals surface area (Å²) in [5.74, 6) is 1.25. The summed E-state index contributed by atoms with van der Waals surface area (Å²) in [5, 5.41) is 6.63. The molecular weight excluding hydrogens is 541 g/mol. The van der Waals surface area contributed by atoms with Crippen LogP contribution in [-0.4, -0.2) is 60.6 Å². The third-order valence-electron chi connectivity index (χ3n) is 7.69. The van der Waals surface area contributed by atoms with Crippen LogP contribution >= 0.6 is 0 Å². The molecule has 10 heteroatoms. The fourth-order valence-electron chi connectivity index (χ4n) is 5.75. The van der Waals surface area contributed by atoms with Gasteiger partial charge in [0.1, 0.15) is 11.9 Å². The number of ether oxygens (including phenoxy) is 1. The van der Waals surface area contributed by atoms with Crippen LogP contribution in [0.4, 0.5) is 18.9 Å². The van der Waals surface area contributed by atoms with Crippen molar-refractivity contribution in [1.82, 2.24) is 15.5 Å². The minimum Gasteiger partial charge on any atom is -0.405 e. The lowest BCUT2D eigenvalue weighted by atomic mass is 9.81. The van der Waals surface area contributed by atoms with Crippen LogP contribution in [-0.2, 0) is 10.2 Å². The molecule has 1 fully saturated rings.